The largest absolute Gasteiger partial charge is 0.370 e. The van der Waals surface area contributed by atoms with Gasteiger partial charge in [0.15, 0.2) is 0 Å². The van der Waals surface area contributed by atoms with Gasteiger partial charge in [-0.2, -0.15) is 5.10 Å². The monoisotopic (exact) mass is 440 g/mol. The van der Waals surface area contributed by atoms with E-state index in [-0.39, 0.29) is 5.60 Å². The lowest BCUT2D eigenvalue weighted by atomic mass is 9.79. The van der Waals surface area contributed by atoms with Gasteiger partial charge in [0.1, 0.15) is 0 Å². The van der Waals surface area contributed by atoms with Crippen LogP contribution in [0.5, 0.6) is 0 Å². The zero-order valence-corrected chi connectivity index (χ0v) is 19.8. The van der Waals surface area contributed by atoms with Crippen LogP contribution in [-0.2, 0) is 43.3 Å². The van der Waals surface area contributed by atoms with E-state index in [1.54, 1.807) is 4.88 Å². The molecule has 0 aromatic carbocycles. The van der Waals surface area contributed by atoms with Crippen molar-refractivity contribution in [2.75, 3.05) is 13.2 Å². The molecular weight excluding hydrogens is 408 g/mol. The van der Waals surface area contributed by atoms with Crippen molar-refractivity contribution in [2.24, 2.45) is 7.05 Å². The van der Waals surface area contributed by atoms with Gasteiger partial charge in [0.25, 0.3) is 0 Å². The van der Waals surface area contributed by atoms with Crippen LogP contribution in [0.25, 0.3) is 0 Å². The maximum atomic E-state index is 6.48. The maximum absolute atomic E-state index is 6.48. The van der Waals surface area contributed by atoms with E-state index in [9.17, 15) is 0 Å². The summed E-state index contributed by atoms with van der Waals surface area (Å²) in [6.07, 6.45) is 8.40. The Bertz CT molecular complexity index is 1070. The van der Waals surface area contributed by atoms with Gasteiger partial charge in [-0.3, -0.25) is 9.58 Å². The number of thiophene rings is 1. The van der Waals surface area contributed by atoms with Crippen LogP contribution in [0.2, 0.25) is 0 Å². The number of rotatable bonds is 5. The Morgan fingerprint density at radius 1 is 1.29 bits per heavy atom. The predicted molar refractivity (Wildman–Crippen MR) is 121 cm³/mol. The molecule has 3 aromatic rings. The second kappa shape index (κ2) is 8.15. The molecule has 0 aliphatic carbocycles. The van der Waals surface area contributed by atoms with Crippen molar-refractivity contribution >= 4 is 11.3 Å². The first kappa shape index (κ1) is 20.8. The number of aromatic nitrogens is 5. The van der Waals surface area contributed by atoms with E-state index in [2.05, 4.69) is 52.6 Å². The molecule has 166 valence electrons. The van der Waals surface area contributed by atoms with Gasteiger partial charge in [-0.05, 0) is 44.7 Å². The molecule has 0 saturated carbocycles. The average molecular weight is 441 g/mol. The molecule has 1 fully saturated rings. The van der Waals surface area contributed by atoms with Gasteiger partial charge in [-0.25, -0.2) is 4.68 Å². The second-order valence-electron chi connectivity index (χ2n) is 9.09. The maximum Gasteiger partial charge on any atom is 0.0969 e. The summed E-state index contributed by atoms with van der Waals surface area (Å²) in [5.74, 6) is 0. The number of ether oxygens (including phenoxy) is 1. The van der Waals surface area contributed by atoms with Crippen molar-refractivity contribution in [3.05, 3.63) is 50.7 Å². The van der Waals surface area contributed by atoms with Crippen LogP contribution in [0.1, 0.15) is 59.0 Å². The standard InChI is InChI=1S/C23H32N6OS/c1-5-20-10-21-22(31-20)6-9-30-23(21)7-8-28(16(2)11-23)14-19-15-29(26-24-19)13-18-12-27(4)25-17(18)3/h10,12,15-16H,5-9,11,13-14H2,1-4H3/t16-,23+/m0/s1. The number of hydrogen-bond acceptors (Lipinski definition) is 6. The molecule has 5 rings (SSSR count). The molecule has 2 aliphatic rings. The predicted octanol–water partition coefficient (Wildman–Crippen LogP) is 3.44. The highest BCUT2D eigenvalue weighted by atomic mass is 32.1. The van der Waals surface area contributed by atoms with Crippen LogP contribution in [0.3, 0.4) is 0 Å². The molecule has 1 saturated heterocycles. The fourth-order valence-electron chi connectivity index (χ4n) is 5.18. The molecule has 5 heterocycles. The Balaban J connectivity index is 1.26. The number of hydrogen-bond donors (Lipinski definition) is 0. The average Bonchev–Trinajstić information content (AvgIpc) is 3.44. The van der Waals surface area contributed by atoms with Gasteiger partial charge >= 0.3 is 0 Å². The van der Waals surface area contributed by atoms with Crippen molar-refractivity contribution in [2.45, 2.75) is 71.2 Å². The first-order chi connectivity index (χ1) is 15.0. The molecule has 0 N–H and O–H groups in total. The minimum absolute atomic E-state index is 0.0944. The molecule has 3 aromatic heterocycles. The Labute approximate surface area is 188 Å². The summed E-state index contributed by atoms with van der Waals surface area (Å²) in [5.41, 5.74) is 4.63. The third-order valence-corrected chi connectivity index (χ3v) is 8.20. The molecule has 0 radical (unpaired) electrons. The molecule has 2 atom stereocenters. The number of piperidine rings is 1. The zero-order valence-electron chi connectivity index (χ0n) is 19.0. The fraction of sp³-hybridized carbons (Fsp3) is 0.609. The molecule has 0 amide bonds. The third-order valence-electron chi connectivity index (χ3n) is 6.86. The Hall–Kier alpha value is -2.03. The highest BCUT2D eigenvalue weighted by Crippen LogP contribution is 2.46. The summed E-state index contributed by atoms with van der Waals surface area (Å²) in [4.78, 5) is 5.57. The van der Waals surface area contributed by atoms with Crippen molar-refractivity contribution in [1.82, 2.24) is 29.7 Å². The van der Waals surface area contributed by atoms with Crippen LogP contribution < -0.4 is 0 Å². The number of aryl methyl sites for hydroxylation is 3. The number of nitrogens with zero attached hydrogens (tertiary/aromatic N) is 6. The first-order valence-corrected chi connectivity index (χ1v) is 12.2. The minimum Gasteiger partial charge on any atom is -0.370 e. The van der Waals surface area contributed by atoms with Crippen LogP contribution in [0.15, 0.2) is 18.5 Å². The molecule has 8 heteroatoms. The van der Waals surface area contributed by atoms with E-state index in [4.69, 9.17) is 4.74 Å². The van der Waals surface area contributed by atoms with Gasteiger partial charge in [-0.15, -0.1) is 16.4 Å². The Kier molecular flexibility index (Phi) is 5.48. The van der Waals surface area contributed by atoms with Gasteiger partial charge < -0.3 is 4.74 Å². The fourth-order valence-corrected chi connectivity index (χ4v) is 6.36. The van der Waals surface area contributed by atoms with Crippen molar-refractivity contribution in [3.63, 3.8) is 0 Å². The first-order valence-electron chi connectivity index (χ1n) is 11.3. The van der Waals surface area contributed by atoms with Crippen molar-refractivity contribution in [1.29, 1.82) is 0 Å². The van der Waals surface area contributed by atoms with Crippen LogP contribution in [0.4, 0.5) is 0 Å². The molecular formula is C23H32N6OS. The highest BCUT2D eigenvalue weighted by molar-refractivity contribution is 7.12. The van der Waals surface area contributed by atoms with E-state index in [0.29, 0.717) is 12.6 Å². The molecule has 0 unspecified atom stereocenters. The summed E-state index contributed by atoms with van der Waals surface area (Å²) in [6, 6.07) is 2.86. The number of likely N-dealkylation sites (tertiary alicyclic amines) is 1. The van der Waals surface area contributed by atoms with Crippen molar-refractivity contribution in [3.8, 4) is 0 Å². The Morgan fingerprint density at radius 3 is 2.90 bits per heavy atom. The van der Waals surface area contributed by atoms with Crippen LogP contribution >= 0.6 is 11.3 Å². The summed E-state index contributed by atoms with van der Waals surface area (Å²) >= 11 is 1.99. The van der Waals surface area contributed by atoms with E-state index in [1.165, 1.54) is 16.0 Å². The molecule has 31 heavy (non-hydrogen) atoms. The van der Waals surface area contributed by atoms with Crippen LogP contribution in [-0.4, -0.2) is 48.9 Å². The van der Waals surface area contributed by atoms with Gasteiger partial charge in [-0.1, -0.05) is 12.1 Å². The lowest BCUT2D eigenvalue weighted by molar-refractivity contribution is -0.112. The van der Waals surface area contributed by atoms with Crippen LogP contribution in [0, 0.1) is 6.92 Å². The lowest BCUT2D eigenvalue weighted by Crippen LogP contribution is -2.50. The number of fused-ring (bicyclic) bond motifs is 2. The molecule has 2 aliphatic heterocycles. The third kappa shape index (κ3) is 3.97. The smallest absolute Gasteiger partial charge is 0.0969 e. The van der Waals surface area contributed by atoms with Gasteiger partial charge in [0, 0.05) is 54.1 Å². The normalized spacial score (nSPS) is 24.1. The SMILES string of the molecule is CCc1cc2c(s1)CCO[C@@]21CCN(Cc2cn(Cc3cn(C)nc3C)nn2)[C@@H](C)C1. The summed E-state index contributed by atoms with van der Waals surface area (Å²) < 4.78 is 10.3. The van der Waals surface area contributed by atoms with Gasteiger partial charge in [0.05, 0.1) is 36.3 Å². The quantitative estimate of drug-likeness (QED) is 0.608. The Morgan fingerprint density at radius 2 is 2.16 bits per heavy atom. The van der Waals surface area contributed by atoms with E-state index >= 15 is 0 Å². The summed E-state index contributed by atoms with van der Waals surface area (Å²) in [6.45, 7) is 10.0. The topological polar surface area (TPSA) is 61.0 Å². The summed E-state index contributed by atoms with van der Waals surface area (Å²) in [5, 5.41) is 13.2. The molecule has 0 bridgehead atoms. The van der Waals surface area contributed by atoms with Gasteiger partial charge in [0.2, 0.25) is 0 Å². The molecule has 7 nitrogen and oxygen atoms in total. The minimum atomic E-state index is -0.0944. The van der Waals surface area contributed by atoms with E-state index in [0.717, 1.165) is 56.8 Å². The summed E-state index contributed by atoms with van der Waals surface area (Å²) in [7, 11) is 1.95. The second-order valence-corrected chi connectivity index (χ2v) is 10.3. The highest BCUT2D eigenvalue weighted by Gasteiger charge is 2.44. The van der Waals surface area contributed by atoms with Crippen molar-refractivity contribution < 1.29 is 4.74 Å². The lowest BCUT2D eigenvalue weighted by Gasteiger charge is -2.47. The zero-order chi connectivity index (χ0) is 21.6. The van der Waals surface area contributed by atoms with E-state index in [1.807, 2.05) is 34.7 Å². The van der Waals surface area contributed by atoms with E-state index < -0.39 is 0 Å². The molecule has 1 spiro atoms.